The van der Waals surface area contributed by atoms with Crippen LogP contribution in [-0.4, -0.2) is 37.2 Å². The van der Waals surface area contributed by atoms with Gasteiger partial charge in [0.05, 0.1) is 0 Å². The van der Waals surface area contributed by atoms with Gasteiger partial charge in [-0.15, -0.1) is 0 Å². The van der Waals surface area contributed by atoms with Crippen molar-refractivity contribution in [1.29, 1.82) is 0 Å². The molecule has 0 spiro atoms. The molecule has 0 amide bonds. The minimum Gasteiger partial charge on any atom is -0.462 e. The molecule has 0 N–H and O–H groups in total. The molecule has 0 radical (unpaired) electrons. The van der Waals surface area contributed by atoms with Crippen LogP contribution in [0, 0.1) is 0 Å². The summed E-state index contributed by atoms with van der Waals surface area (Å²) in [6.07, 6.45) is 85.5. The lowest BCUT2D eigenvalue weighted by atomic mass is 10.0. The van der Waals surface area contributed by atoms with E-state index in [1.807, 2.05) is 0 Å². The number of hydrogen-bond donors (Lipinski definition) is 0. The molecule has 1 atom stereocenters. The standard InChI is InChI=1S/C71H126O6/c1-4-7-10-13-15-17-19-21-23-25-27-29-30-31-32-33-34-35-36-37-38-39-40-42-43-45-47-49-51-53-55-58-61-64-70(73)76-67-68(66-75-69(72)63-60-57-12-9-6-3)77-71(74)65-62-59-56-54-52-50-48-46-44-41-28-26-24-22-20-18-16-14-11-8-5-2/h7,10,15,17,20-23,26-29,68H,4-6,8-9,11-14,16,18-19,24-25,30-67H2,1-3H3/b10-7-,17-15-,22-20-,23-21-,28-26-,29-27-. The maximum Gasteiger partial charge on any atom is 0.306 e. The number of ether oxygens (including phenoxy) is 3. The van der Waals surface area contributed by atoms with Crippen LogP contribution in [-0.2, 0) is 28.6 Å². The van der Waals surface area contributed by atoms with Gasteiger partial charge in [0.15, 0.2) is 6.10 Å². The topological polar surface area (TPSA) is 78.9 Å². The summed E-state index contributed by atoms with van der Waals surface area (Å²) in [5, 5.41) is 0. The van der Waals surface area contributed by atoms with Crippen LogP contribution in [0.1, 0.15) is 342 Å². The Morgan fingerprint density at radius 3 is 0.792 bits per heavy atom. The minimum absolute atomic E-state index is 0.0728. The minimum atomic E-state index is -0.772. The van der Waals surface area contributed by atoms with Gasteiger partial charge in [-0.05, 0) is 89.9 Å². The van der Waals surface area contributed by atoms with E-state index in [4.69, 9.17) is 14.2 Å². The molecule has 0 fully saturated rings. The van der Waals surface area contributed by atoms with E-state index in [1.165, 1.54) is 205 Å². The van der Waals surface area contributed by atoms with E-state index >= 15 is 0 Å². The summed E-state index contributed by atoms with van der Waals surface area (Å²) in [5.74, 6) is -0.875. The molecular formula is C71H126O6. The maximum atomic E-state index is 12.8. The molecule has 0 aliphatic heterocycles. The zero-order chi connectivity index (χ0) is 55.7. The SMILES string of the molecule is CC/C=C\C/C=C\C/C=C\C/C=C\CCCCCCCCCCCCCCCCCCCCCCC(=O)OCC(COC(=O)CCCCCCC)OC(=O)CCCCCCCCCCC/C=C\C/C=C\CCCCCCC. The summed E-state index contributed by atoms with van der Waals surface area (Å²) in [4.78, 5) is 37.9. The molecule has 0 saturated carbocycles. The largest absolute Gasteiger partial charge is 0.462 e. The van der Waals surface area contributed by atoms with Crippen LogP contribution in [0.3, 0.4) is 0 Å². The van der Waals surface area contributed by atoms with Crippen molar-refractivity contribution in [2.24, 2.45) is 0 Å². The molecule has 0 aliphatic carbocycles. The van der Waals surface area contributed by atoms with Crippen LogP contribution in [0.5, 0.6) is 0 Å². The van der Waals surface area contributed by atoms with Gasteiger partial charge in [-0.1, -0.05) is 306 Å². The lowest BCUT2D eigenvalue weighted by Crippen LogP contribution is -2.30. The normalized spacial score (nSPS) is 12.5. The molecule has 0 aromatic rings. The lowest BCUT2D eigenvalue weighted by Gasteiger charge is -2.18. The number of unbranched alkanes of at least 4 members (excludes halogenated alkanes) is 38. The summed E-state index contributed by atoms with van der Waals surface area (Å²) in [6, 6.07) is 0. The van der Waals surface area contributed by atoms with Crippen LogP contribution in [0.25, 0.3) is 0 Å². The van der Waals surface area contributed by atoms with E-state index in [9.17, 15) is 14.4 Å². The summed E-state index contributed by atoms with van der Waals surface area (Å²) in [6.45, 7) is 6.47. The first-order valence-electron chi connectivity index (χ1n) is 33.4. The Morgan fingerprint density at radius 2 is 0.506 bits per heavy atom. The van der Waals surface area contributed by atoms with E-state index in [0.29, 0.717) is 19.3 Å². The third kappa shape index (κ3) is 63.6. The molecule has 6 nitrogen and oxygen atoms in total. The third-order valence-corrected chi connectivity index (χ3v) is 14.7. The molecular weight excluding hydrogens is 949 g/mol. The van der Waals surface area contributed by atoms with Crippen molar-refractivity contribution in [3.05, 3.63) is 72.9 Å². The average molecular weight is 1080 g/mol. The smallest absolute Gasteiger partial charge is 0.306 e. The highest BCUT2D eigenvalue weighted by Gasteiger charge is 2.19. The Hall–Kier alpha value is -3.15. The Labute approximate surface area is 478 Å². The molecule has 1 unspecified atom stereocenters. The highest BCUT2D eigenvalue weighted by atomic mass is 16.6. The van der Waals surface area contributed by atoms with Crippen molar-refractivity contribution >= 4 is 17.9 Å². The monoisotopic (exact) mass is 1070 g/mol. The van der Waals surface area contributed by atoms with Crippen molar-refractivity contribution in [1.82, 2.24) is 0 Å². The molecule has 77 heavy (non-hydrogen) atoms. The Balaban J connectivity index is 3.94. The predicted molar refractivity (Wildman–Crippen MR) is 335 cm³/mol. The first-order valence-corrected chi connectivity index (χ1v) is 33.4. The van der Waals surface area contributed by atoms with Crippen LogP contribution < -0.4 is 0 Å². The first-order chi connectivity index (χ1) is 38.0. The van der Waals surface area contributed by atoms with Crippen molar-refractivity contribution in [2.75, 3.05) is 13.2 Å². The fraction of sp³-hybridized carbons (Fsp3) is 0.789. The highest BCUT2D eigenvalue weighted by molar-refractivity contribution is 5.71. The number of carbonyl (C=O) groups excluding carboxylic acids is 3. The second-order valence-electron chi connectivity index (χ2n) is 22.4. The summed E-state index contributed by atoms with van der Waals surface area (Å²) < 4.78 is 16.8. The molecule has 0 heterocycles. The summed E-state index contributed by atoms with van der Waals surface area (Å²) >= 11 is 0. The number of hydrogen-bond acceptors (Lipinski definition) is 6. The van der Waals surface area contributed by atoms with Gasteiger partial charge < -0.3 is 14.2 Å². The van der Waals surface area contributed by atoms with Crippen molar-refractivity contribution in [2.45, 2.75) is 348 Å². The predicted octanol–water partition coefficient (Wildman–Crippen LogP) is 22.9. The van der Waals surface area contributed by atoms with Gasteiger partial charge in [0.1, 0.15) is 13.2 Å². The van der Waals surface area contributed by atoms with Crippen molar-refractivity contribution < 1.29 is 28.6 Å². The second kappa shape index (κ2) is 65.4. The van der Waals surface area contributed by atoms with E-state index in [1.54, 1.807) is 0 Å². The van der Waals surface area contributed by atoms with Gasteiger partial charge in [-0.25, -0.2) is 0 Å². The van der Waals surface area contributed by atoms with Gasteiger partial charge in [-0.2, -0.15) is 0 Å². The number of esters is 3. The van der Waals surface area contributed by atoms with Crippen LogP contribution in [0.2, 0.25) is 0 Å². The van der Waals surface area contributed by atoms with Gasteiger partial charge in [0.25, 0.3) is 0 Å². The highest BCUT2D eigenvalue weighted by Crippen LogP contribution is 2.17. The Morgan fingerprint density at radius 1 is 0.273 bits per heavy atom. The second-order valence-corrected chi connectivity index (χ2v) is 22.4. The van der Waals surface area contributed by atoms with Gasteiger partial charge in [0, 0.05) is 19.3 Å². The van der Waals surface area contributed by atoms with Crippen molar-refractivity contribution in [3.63, 3.8) is 0 Å². The molecule has 0 aromatic carbocycles. The van der Waals surface area contributed by atoms with E-state index < -0.39 is 6.10 Å². The van der Waals surface area contributed by atoms with Crippen LogP contribution in [0.15, 0.2) is 72.9 Å². The number of carbonyl (C=O) groups is 3. The zero-order valence-electron chi connectivity index (χ0n) is 51.2. The number of allylic oxidation sites excluding steroid dienone is 12. The lowest BCUT2D eigenvalue weighted by molar-refractivity contribution is -0.167. The maximum absolute atomic E-state index is 12.8. The van der Waals surface area contributed by atoms with E-state index in [-0.39, 0.29) is 31.1 Å². The first kappa shape index (κ1) is 73.8. The Bertz CT molecular complexity index is 1420. The zero-order valence-corrected chi connectivity index (χ0v) is 51.2. The molecule has 446 valence electrons. The summed E-state index contributed by atoms with van der Waals surface area (Å²) in [5.41, 5.74) is 0. The van der Waals surface area contributed by atoms with Crippen LogP contribution in [0.4, 0.5) is 0 Å². The van der Waals surface area contributed by atoms with E-state index in [2.05, 4.69) is 93.7 Å². The molecule has 0 aromatic heterocycles. The summed E-state index contributed by atoms with van der Waals surface area (Å²) in [7, 11) is 0. The van der Waals surface area contributed by atoms with Crippen LogP contribution >= 0.6 is 0 Å². The van der Waals surface area contributed by atoms with Gasteiger partial charge in [0.2, 0.25) is 0 Å². The van der Waals surface area contributed by atoms with Gasteiger partial charge in [-0.3, -0.25) is 14.4 Å². The molecule has 0 bridgehead atoms. The van der Waals surface area contributed by atoms with Gasteiger partial charge >= 0.3 is 17.9 Å². The fourth-order valence-electron chi connectivity index (χ4n) is 9.70. The third-order valence-electron chi connectivity index (χ3n) is 14.7. The quantitative estimate of drug-likeness (QED) is 0.0261. The molecule has 0 saturated heterocycles. The average Bonchev–Trinajstić information content (AvgIpc) is 3.43. The number of rotatable bonds is 61. The molecule has 0 rings (SSSR count). The Kier molecular flexibility index (Phi) is 62.7. The van der Waals surface area contributed by atoms with Crippen molar-refractivity contribution in [3.8, 4) is 0 Å². The fourth-order valence-corrected chi connectivity index (χ4v) is 9.70. The molecule has 6 heteroatoms. The molecule has 0 aliphatic rings. The van der Waals surface area contributed by atoms with E-state index in [0.717, 1.165) is 96.3 Å².